The second-order valence-electron chi connectivity index (χ2n) is 5.46. The van der Waals surface area contributed by atoms with Crippen LogP contribution < -0.4 is 5.32 Å². The van der Waals surface area contributed by atoms with E-state index in [4.69, 9.17) is 0 Å². The van der Waals surface area contributed by atoms with Gasteiger partial charge in [-0.15, -0.1) is 0 Å². The molecular weight excluding hydrogens is 280 g/mol. The zero-order valence-corrected chi connectivity index (χ0v) is 12.8. The molecule has 1 saturated heterocycles. The highest BCUT2D eigenvalue weighted by Crippen LogP contribution is 2.29. The van der Waals surface area contributed by atoms with Crippen molar-refractivity contribution in [1.82, 2.24) is 10.2 Å². The molecule has 0 radical (unpaired) electrons. The van der Waals surface area contributed by atoms with E-state index in [1.807, 2.05) is 35.2 Å². The van der Waals surface area contributed by atoms with E-state index in [9.17, 15) is 4.79 Å². The van der Waals surface area contributed by atoms with Crippen LogP contribution in [0, 0.1) is 0 Å². The highest BCUT2D eigenvalue weighted by Gasteiger charge is 2.23. The van der Waals surface area contributed by atoms with Crippen LogP contribution in [0.2, 0.25) is 0 Å². The first-order valence-corrected chi connectivity index (χ1v) is 8.36. The Labute approximate surface area is 129 Å². The summed E-state index contributed by atoms with van der Waals surface area (Å²) >= 11 is 1.75. The molecule has 2 aromatic rings. The lowest BCUT2D eigenvalue weighted by Crippen LogP contribution is -2.43. The van der Waals surface area contributed by atoms with E-state index in [0.717, 1.165) is 31.5 Å². The van der Waals surface area contributed by atoms with E-state index in [2.05, 4.69) is 22.1 Å². The van der Waals surface area contributed by atoms with Crippen molar-refractivity contribution < 1.29 is 4.79 Å². The molecule has 0 bridgehead atoms. The molecule has 1 aromatic heterocycles. The maximum Gasteiger partial charge on any atom is 0.317 e. The van der Waals surface area contributed by atoms with Crippen molar-refractivity contribution in [3.8, 4) is 0 Å². The number of likely N-dealkylation sites (tertiary alicyclic amines) is 1. The number of rotatable bonds is 3. The van der Waals surface area contributed by atoms with E-state index in [0.29, 0.717) is 12.5 Å². The predicted molar refractivity (Wildman–Crippen MR) is 86.5 cm³/mol. The molecule has 1 aliphatic heterocycles. The van der Waals surface area contributed by atoms with Gasteiger partial charge in [0.25, 0.3) is 0 Å². The molecule has 0 aliphatic carbocycles. The van der Waals surface area contributed by atoms with Crippen LogP contribution in [-0.2, 0) is 6.54 Å². The maximum atomic E-state index is 12.2. The van der Waals surface area contributed by atoms with Crippen LogP contribution in [-0.4, -0.2) is 24.0 Å². The second kappa shape index (κ2) is 6.76. The first-order valence-electron chi connectivity index (χ1n) is 7.42. The quantitative estimate of drug-likeness (QED) is 0.918. The largest absolute Gasteiger partial charge is 0.334 e. The molecule has 3 nitrogen and oxygen atoms in total. The topological polar surface area (TPSA) is 32.3 Å². The van der Waals surface area contributed by atoms with Crippen molar-refractivity contribution in [1.29, 1.82) is 0 Å². The van der Waals surface area contributed by atoms with Crippen LogP contribution in [0.3, 0.4) is 0 Å². The molecule has 21 heavy (non-hydrogen) atoms. The van der Waals surface area contributed by atoms with Gasteiger partial charge < -0.3 is 10.2 Å². The predicted octanol–water partition coefficient (Wildman–Crippen LogP) is 3.84. The summed E-state index contributed by atoms with van der Waals surface area (Å²) in [7, 11) is 0. The van der Waals surface area contributed by atoms with Gasteiger partial charge in [-0.2, -0.15) is 11.3 Å². The van der Waals surface area contributed by atoms with Gasteiger partial charge in [-0.25, -0.2) is 4.79 Å². The number of nitrogens with one attached hydrogen (secondary N) is 1. The average molecular weight is 300 g/mol. The molecule has 0 spiro atoms. The molecule has 4 heteroatoms. The number of piperidine rings is 1. The van der Waals surface area contributed by atoms with Gasteiger partial charge >= 0.3 is 6.03 Å². The van der Waals surface area contributed by atoms with E-state index >= 15 is 0 Å². The van der Waals surface area contributed by atoms with Crippen LogP contribution in [0.15, 0.2) is 47.2 Å². The molecule has 2 amide bonds. The SMILES string of the molecule is O=C(NCc1ccccc1)N1CCC(c2ccsc2)CC1. The minimum atomic E-state index is 0.0580. The molecule has 1 N–H and O–H groups in total. The Morgan fingerprint density at radius 3 is 2.62 bits per heavy atom. The standard InChI is InChI=1S/C17H20N2OS/c20-17(18-12-14-4-2-1-3-5-14)19-9-6-15(7-10-19)16-8-11-21-13-16/h1-5,8,11,13,15H,6-7,9-10,12H2,(H,18,20). The van der Waals surface area contributed by atoms with Crippen LogP contribution >= 0.6 is 11.3 Å². The van der Waals surface area contributed by atoms with Gasteiger partial charge in [-0.05, 0) is 46.7 Å². The van der Waals surface area contributed by atoms with Gasteiger partial charge in [0, 0.05) is 19.6 Å². The van der Waals surface area contributed by atoms with E-state index in [1.54, 1.807) is 11.3 Å². The summed E-state index contributed by atoms with van der Waals surface area (Å²) < 4.78 is 0. The summed E-state index contributed by atoms with van der Waals surface area (Å²) in [5.74, 6) is 0.620. The molecule has 110 valence electrons. The van der Waals surface area contributed by atoms with Gasteiger partial charge in [0.15, 0.2) is 0 Å². The van der Waals surface area contributed by atoms with Gasteiger partial charge in [0.1, 0.15) is 0 Å². The van der Waals surface area contributed by atoms with Gasteiger partial charge in [-0.1, -0.05) is 30.3 Å². The molecule has 3 rings (SSSR count). The molecule has 1 fully saturated rings. The average Bonchev–Trinajstić information content (AvgIpc) is 3.08. The lowest BCUT2D eigenvalue weighted by molar-refractivity contribution is 0.181. The Morgan fingerprint density at radius 2 is 1.95 bits per heavy atom. The van der Waals surface area contributed by atoms with Crippen molar-refractivity contribution >= 4 is 17.4 Å². The summed E-state index contributed by atoms with van der Waals surface area (Å²) in [6, 6.07) is 12.3. The number of thiophene rings is 1. The Bertz CT molecular complexity index is 560. The van der Waals surface area contributed by atoms with Crippen molar-refractivity contribution in [3.05, 3.63) is 58.3 Å². The number of hydrogen-bond acceptors (Lipinski definition) is 2. The first kappa shape index (κ1) is 14.1. The summed E-state index contributed by atoms with van der Waals surface area (Å²) in [6.45, 7) is 2.30. The second-order valence-corrected chi connectivity index (χ2v) is 6.24. The van der Waals surface area contributed by atoms with Crippen molar-refractivity contribution in [2.75, 3.05) is 13.1 Å². The van der Waals surface area contributed by atoms with E-state index < -0.39 is 0 Å². The van der Waals surface area contributed by atoms with Crippen LogP contribution in [0.1, 0.15) is 29.9 Å². The molecule has 1 aromatic carbocycles. The van der Waals surface area contributed by atoms with E-state index in [1.165, 1.54) is 5.56 Å². The molecule has 0 atom stereocenters. The van der Waals surface area contributed by atoms with Crippen molar-refractivity contribution in [2.45, 2.75) is 25.3 Å². The number of carbonyl (C=O) groups excluding carboxylic acids is 1. The Morgan fingerprint density at radius 1 is 1.19 bits per heavy atom. The van der Waals surface area contributed by atoms with Gasteiger partial charge in [-0.3, -0.25) is 0 Å². The number of nitrogens with zero attached hydrogens (tertiary/aromatic N) is 1. The lowest BCUT2D eigenvalue weighted by Gasteiger charge is -2.31. The minimum Gasteiger partial charge on any atom is -0.334 e. The number of benzene rings is 1. The van der Waals surface area contributed by atoms with Crippen LogP contribution in [0.5, 0.6) is 0 Å². The first-order chi connectivity index (χ1) is 10.3. The third-order valence-corrected chi connectivity index (χ3v) is 4.78. The lowest BCUT2D eigenvalue weighted by atomic mass is 9.91. The van der Waals surface area contributed by atoms with Crippen LogP contribution in [0.4, 0.5) is 4.79 Å². The summed E-state index contributed by atoms with van der Waals surface area (Å²) in [5.41, 5.74) is 2.57. The summed E-state index contributed by atoms with van der Waals surface area (Å²) in [5, 5.41) is 7.37. The number of amides is 2. The van der Waals surface area contributed by atoms with Crippen LogP contribution in [0.25, 0.3) is 0 Å². The smallest absolute Gasteiger partial charge is 0.317 e. The Kier molecular flexibility index (Phi) is 4.55. The summed E-state index contributed by atoms with van der Waals surface area (Å²) in [6.07, 6.45) is 2.13. The fraction of sp³-hybridized carbons (Fsp3) is 0.353. The Hall–Kier alpha value is -1.81. The number of carbonyl (C=O) groups is 1. The molecular formula is C17H20N2OS. The zero-order chi connectivity index (χ0) is 14.5. The number of hydrogen-bond donors (Lipinski definition) is 1. The molecule has 1 aliphatic rings. The van der Waals surface area contributed by atoms with E-state index in [-0.39, 0.29) is 6.03 Å². The highest BCUT2D eigenvalue weighted by molar-refractivity contribution is 7.07. The maximum absolute atomic E-state index is 12.2. The van der Waals surface area contributed by atoms with Gasteiger partial charge in [0.05, 0.1) is 0 Å². The fourth-order valence-corrected chi connectivity index (χ4v) is 3.55. The number of urea groups is 1. The normalized spacial score (nSPS) is 15.9. The molecule has 0 unspecified atom stereocenters. The third kappa shape index (κ3) is 3.64. The van der Waals surface area contributed by atoms with Crippen molar-refractivity contribution in [3.63, 3.8) is 0 Å². The third-order valence-electron chi connectivity index (χ3n) is 4.08. The molecule has 2 heterocycles. The molecule has 0 saturated carbocycles. The summed E-state index contributed by atoms with van der Waals surface area (Å²) in [4.78, 5) is 14.1. The highest BCUT2D eigenvalue weighted by atomic mass is 32.1. The fourth-order valence-electron chi connectivity index (χ4n) is 2.81. The monoisotopic (exact) mass is 300 g/mol. The minimum absolute atomic E-state index is 0.0580. The zero-order valence-electron chi connectivity index (χ0n) is 12.0. The van der Waals surface area contributed by atoms with Crippen molar-refractivity contribution in [2.24, 2.45) is 0 Å². The Balaban J connectivity index is 1.47. The van der Waals surface area contributed by atoms with Gasteiger partial charge in [0.2, 0.25) is 0 Å².